The van der Waals surface area contributed by atoms with Gasteiger partial charge in [-0.25, -0.2) is 0 Å². The van der Waals surface area contributed by atoms with E-state index in [1.165, 1.54) is 11.3 Å². The van der Waals surface area contributed by atoms with E-state index in [1.54, 1.807) is 16.1 Å². The van der Waals surface area contributed by atoms with Crippen LogP contribution in [0, 0.1) is 0 Å². The average molecular weight is 187 g/mol. The molecule has 0 spiro atoms. The molecule has 0 saturated heterocycles. The molecule has 0 aromatic carbocycles. The topological polar surface area (TPSA) is 31.2 Å². The van der Waals surface area contributed by atoms with Crippen LogP contribution in [0.5, 0.6) is 0 Å². The molecule has 1 heterocycles. The molecule has 1 aromatic heterocycles. The minimum Gasteiger partial charge on any atom is -0.377 e. The van der Waals surface area contributed by atoms with Gasteiger partial charge in [0.15, 0.2) is 0 Å². The molecule has 0 aliphatic carbocycles. The van der Waals surface area contributed by atoms with Gasteiger partial charge in [-0.05, 0) is 13.8 Å². The van der Waals surface area contributed by atoms with E-state index in [-0.39, 0.29) is 11.0 Å². The van der Waals surface area contributed by atoms with Crippen LogP contribution in [0.3, 0.4) is 0 Å². The number of hydrogen-bond donors (Lipinski definition) is 0. The van der Waals surface area contributed by atoms with Crippen LogP contribution in [0.2, 0.25) is 0 Å². The van der Waals surface area contributed by atoms with Gasteiger partial charge in [0.25, 0.3) is 0 Å². The Morgan fingerprint density at radius 1 is 1.67 bits per heavy atom. The smallest absolute Gasteiger partial charge is 0.307 e. The maximum atomic E-state index is 11.0. The van der Waals surface area contributed by atoms with E-state index < -0.39 is 0 Å². The van der Waals surface area contributed by atoms with Gasteiger partial charge in [-0.1, -0.05) is 11.3 Å². The Labute approximate surface area is 75.6 Å². The Hall–Kier alpha value is -0.610. The summed E-state index contributed by atoms with van der Waals surface area (Å²) in [5.74, 6) is 0. The first-order chi connectivity index (χ1) is 5.70. The van der Waals surface area contributed by atoms with E-state index >= 15 is 0 Å². The lowest BCUT2D eigenvalue weighted by Crippen LogP contribution is -2.17. The van der Waals surface area contributed by atoms with Crippen LogP contribution in [0.4, 0.5) is 0 Å². The van der Waals surface area contributed by atoms with Crippen molar-refractivity contribution in [2.24, 2.45) is 0 Å². The number of thiazole rings is 1. The lowest BCUT2D eigenvalue weighted by atomic mass is 10.5. The van der Waals surface area contributed by atoms with Crippen molar-refractivity contribution in [3.63, 3.8) is 0 Å². The molecule has 1 aromatic rings. The molecule has 1 rings (SSSR count). The second-order valence-electron chi connectivity index (χ2n) is 2.78. The van der Waals surface area contributed by atoms with Gasteiger partial charge in [0.05, 0.1) is 12.7 Å². The molecule has 3 nitrogen and oxygen atoms in total. The van der Waals surface area contributed by atoms with E-state index in [0.29, 0.717) is 13.2 Å². The molecule has 0 radical (unpaired) electrons. The van der Waals surface area contributed by atoms with Gasteiger partial charge in [0, 0.05) is 18.1 Å². The molecule has 0 saturated carbocycles. The fourth-order valence-corrected chi connectivity index (χ4v) is 1.45. The maximum Gasteiger partial charge on any atom is 0.307 e. The molecule has 4 heteroatoms. The minimum atomic E-state index is 0.0855. The van der Waals surface area contributed by atoms with Gasteiger partial charge in [0.1, 0.15) is 0 Å². The summed E-state index contributed by atoms with van der Waals surface area (Å²) >= 11 is 1.22. The van der Waals surface area contributed by atoms with Crippen molar-refractivity contribution >= 4 is 11.3 Å². The van der Waals surface area contributed by atoms with Crippen LogP contribution in [0.1, 0.15) is 13.8 Å². The summed E-state index contributed by atoms with van der Waals surface area (Å²) in [6.45, 7) is 5.22. The maximum absolute atomic E-state index is 11.0. The van der Waals surface area contributed by atoms with Crippen LogP contribution in [0.15, 0.2) is 16.4 Å². The molecular weight excluding hydrogens is 174 g/mol. The molecule has 0 aliphatic heterocycles. The number of ether oxygens (including phenoxy) is 1. The summed E-state index contributed by atoms with van der Waals surface area (Å²) in [6, 6.07) is 0. The normalized spacial score (nSPS) is 10.9. The molecule has 0 atom stereocenters. The zero-order valence-corrected chi connectivity index (χ0v) is 8.13. The number of nitrogens with zero attached hydrogens (tertiary/aromatic N) is 1. The van der Waals surface area contributed by atoms with Crippen LogP contribution in [0.25, 0.3) is 0 Å². The van der Waals surface area contributed by atoms with Gasteiger partial charge in [-0.15, -0.1) is 0 Å². The van der Waals surface area contributed by atoms with E-state index in [9.17, 15) is 4.79 Å². The predicted octanol–water partition coefficient (Wildman–Crippen LogP) is 1.33. The van der Waals surface area contributed by atoms with Gasteiger partial charge < -0.3 is 9.30 Å². The monoisotopic (exact) mass is 187 g/mol. The van der Waals surface area contributed by atoms with E-state index in [2.05, 4.69) is 0 Å². The largest absolute Gasteiger partial charge is 0.377 e. The van der Waals surface area contributed by atoms with Gasteiger partial charge >= 0.3 is 4.87 Å². The summed E-state index contributed by atoms with van der Waals surface area (Å²) in [7, 11) is 0. The second-order valence-corrected chi connectivity index (χ2v) is 3.64. The third-order valence-corrected chi connectivity index (χ3v) is 2.12. The number of rotatable bonds is 4. The highest BCUT2D eigenvalue weighted by atomic mass is 32.1. The highest BCUT2D eigenvalue weighted by Gasteiger charge is 1.97. The van der Waals surface area contributed by atoms with Crippen molar-refractivity contribution in [1.82, 2.24) is 4.57 Å². The third kappa shape index (κ3) is 2.79. The molecule has 0 N–H and O–H groups in total. The van der Waals surface area contributed by atoms with E-state index in [4.69, 9.17) is 4.74 Å². The number of hydrogen-bond acceptors (Lipinski definition) is 3. The summed E-state index contributed by atoms with van der Waals surface area (Å²) in [5.41, 5.74) is 0. The van der Waals surface area contributed by atoms with Gasteiger partial charge in [0.2, 0.25) is 0 Å². The Balaban J connectivity index is 2.34. The summed E-state index contributed by atoms with van der Waals surface area (Å²) in [6.07, 6.45) is 2.02. The van der Waals surface area contributed by atoms with E-state index in [1.807, 2.05) is 13.8 Å². The zero-order valence-electron chi connectivity index (χ0n) is 7.32. The molecule has 68 valence electrons. The fraction of sp³-hybridized carbons (Fsp3) is 0.625. The fourth-order valence-electron chi connectivity index (χ4n) is 0.843. The van der Waals surface area contributed by atoms with Crippen molar-refractivity contribution in [1.29, 1.82) is 0 Å². The molecule has 0 amide bonds. The Morgan fingerprint density at radius 3 is 2.92 bits per heavy atom. The Bertz CT molecular complexity index is 277. The summed E-state index contributed by atoms with van der Waals surface area (Å²) < 4.78 is 6.97. The molecular formula is C8H13NO2S. The first-order valence-corrected chi connectivity index (χ1v) is 4.83. The van der Waals surface area contributed by atoms with Crippen LogP contribution >= 0.6 is 11.3 Å². The van der Waals surface area contributed by atoms with Crippen molar-refractivity contribution in [2.75, 3.05) is 6.61 Å². The standard InChI is InChI=1S/C8H13NO2S/c1-7(2)11-5-3-9-4-6-12-8(9)10/h4,6-7H,3,5H2,1-2H3. The first kappa shape index (κ1) is 9.48. The van der Waals surface area contributed by atoms with Crippen molar-refractivity contribution < 1.29 is 4.74 Å². The first-order valence-electron chi connectivity index (χ1n) is 3.95. The van der Waals surface area contributed by atoms with Crippen molar-refractivity contribution in [3.05, 3.63) is 21.2 Å². The lowest BCUT2D eigenvalue weighted by molar-refractivity contribution is 0.0725. The third-order valence-electron chi connectivity index (χ3n) is 1.43. The van der Waals surface area contributed by atoms with Crippen molar-refractivity contribution in [3.8, 4) is 0 Å². The van der Waals surface area contributed by atoms with E-state index in [0.717, 1.165) is 0 Å². The molecule has 0 aliphatic rings. The van der Waals surface area contributed by atoms with Crippen LogP contribution < -0.4 is 4.87 Å². The zero-order chi connectivity index (χ0) is 8.97. The minimum absolute atomic E-state index is 0.0855. The van der Waals surface area contributed by atoms with Gasteiger partial charge in [-0.2, -0.15) is 0 Å². The molecule has 0 bridgehead atoms. The molecule has 12 heavy (non-hydrogen) atoms. The quantitative estimate of drug-likeness (QED) is 0.712. The highest BCUT2D eigenvalue weighted by Crippen LogP contribution is 1.91. The highest BCUT2D eigenvalue weighted by molar-refractivity contribution is 7.07. The number of aromatic nitrogens is 1. The predicted molar refractivity (Wildman–Crippen MR) is 49.7 cm³/mol. The summed E-state index contributed by atoms with van der Waals surface area (Å²) in [5, 5.41) is 1.79. The Kier molecular flexibility index (Phi) is 3.49. The van der Waals surface area contributed by atoms with Crippen molar-refractivity contribution in [2.45, 2.75) is 26.5 Å². The summed E-state index contributed by atoms with van der Waals surface area (Å²) in [4.78, 5) is 11.1. The molecule has 0 unspecified atom stereocenters. The average Bonchev–Trinajstić information content (AvgIpc) is 2.36. The lowest BCUT2D eigenvalue weighted by Gasteiger charge is -2.06. The molecule has 0 fully saturated rings. The second kappa shape index (κ2) is 4.42. The van der Waals surface area contributed by atoms with Gasteiger partial charge in [-0.3, -0.25) is 4.79 Å². The Morgan fingerprint density at radius 2 is 2.42 bits per heavy atom. The SMILES string of the molecule is CC(C)OCCn1ccsc1=O. The van der Waals surface area contributed by atoms with Crippen LogP contribution in [-0.4, -0.2) is 17.3 Å². The van der Waals surface area contributed by atoms with Crippen LogP contribution in [-0.2, 0) is 11.3 Å².